The van der Waals surface area contributed by atoms with Gasteiger partial charge in [0.2, 0.25) is 5.91 Å². The number of hydrogen-bond acceptors (Lipinski definition) is 4. The summed E-state index contributed by atoms with van der Waals surface area (Å²) >= 11 is 0. The van der Waals surface area contributed by atoms with Crippen molar-refractivity contribution in [1.82, 2.24) is 0 Å². The number of rotatable bonds is 4. The fraction of sp³-hybridized carbons (Fsp3) is 0.409. The number of benzene rings is 2. The molecule has 2 aromatic carbocycles. The van der Waals surface area contributed by atoms with Gasteiger partial charge in [0.05, 0.1) is 42.5 Å². The van der Waals surface area contributed by atoms with E-state index in [9.17, 15) is 36.2 Å². The SMILES string of the molecule is COc1ccc(NC(=O)[C@@H]2[C@@H](c3cccc(C(F)(F)F)c3)[C@H]3O[C@@H]2C[C@@H]3O)cc1C(F)(F)F. The Kier molecular flexibility index (Phi) is 5.81. The lowest BCUT2D eigenvalue weighted by Gasteiger charge is -2.30. The molecule has 2 fully saturated rings. The zero-order valence-corrected chi connectivity index (χ0v) is 17.1. The van der Waals surface area contributed by atoms with E-state index in [4.69, 9.17) is 9.47 Å². The fourth-order valence-electron chi connectivity index (χ4n) is 4.60. The summed E-state index contributed by atoms with van der Waals surface area (Å²) in [5, 5.41) is 12.6. The van der Waals surface area contributed by atoms with E-state index in [2.05, 4.69) is 5.32 Å². The predicted octanol–water partition coefficient (Wildman–Crippen LogP) is 4.60. The number of anilines is 1. The molecule has 2 aliphatic heterocycles. The van der Waals surface area contributed by atoms with Crippen LogP contribution in [0.3, 0.4) is 0 Å². The van der Waals surface area contributed by atoms with Crippen LogP contribution in [-0.4, -0.2) is 36.4 Å². The van der Waals surface area contributed by atoms with Crippen LogP contribution in [0.5, 0.6) is 5.75 Å². The van der Waals surface area contributed by atoms with Crippen molar-refractivity contribution in [3.63, 3.8) is 0 Å². The molecule has 1 amide bonds. The van der Waals surface area contributed by atoms with Crippen LogP contribution in [0.1, 0.15) is 29.0 Å². The number of ether oxygens (including phenoxy) is 2. The zero-order valence-electron chi connectivity index (χ0n) is 17.1. The molecule has 178 valence electrons. The van der Waals surface area contributed by atoms with Crippen molar-refractivity contribution in [2.75, 3.05) is 12.4 Å². The normalized spacial score (nSPS) is 27.0. The molecule has 2 aromatic rings. The lowest BCUT2D eigenvalue weighted by molar-refractivity contribution is -0.139. The third-order valence-electron chi connectivity index (χ3n) is 6.00. The van der Waals surface area contributed by atoms with E-state index in [1.165, 1.54) is 18.2 Å². The number of nitrogens with one attached hydrogen (secondary N) is 1. The van der Waals surface area contributed by atoms with Gasteiger partial charge in [-0.1, -0.05) is 18.2 Å². The first kappa shape index (κ1) is 23.4. The largest absolute Gasteiger partial charge is 0.496 e. The number of carbonyl (C=O) groups excluding carboxylic acids is 1. The molecule has 2 heterocycles. The van der Waals surface area contributed by atoms with Crippen molar-refractivity contribution in [2.24, 2.45) is 5.92 Å². The van der Waals surface area contributed by atoms with Crippen LogP contribution in [0.25, 0.3) is 0 Å². The molecule has 5 atom stereocenters. The van der Waals surface area contributed by atoms with E-state index in [-0.39, 0.29) is 17.7 Å². The quantitative estimate of drug-likeness (QED) is 0.635. The van der Waals surface area contributed by atoms with Crippen LogP contribution in [0.2, 0.25) is 0 Å². The minimum Gasteiger partial charge on any atom is -0.496 e. The van der Waals surface area contributed by atoms with Crippen LogP contribution in [0.15, 0.2) is 42.5 Å². The van der Waals surface area contributed by atoms with Crippen LogP contribution < -0.4 is 10.1 Å². The molecule has 2 saturated heterocycles. The first-order chi connectivity index (χ1) is 15.4. The van der Waals surface area contributed by atoms with E-state index in [0.717, 1.165) is 31.4 Å². The highest BCUT2D eigenvalue weighted by Crippen LogP contribution is 2.50. The Labute approximate surface area is 184 Å². The summed E-state index contributed by atoms with van der Waals surface area (Å²) in [5.74, 6) is -3.04. The van der Waals surface area contributed by atoms with Gasteiger partial charge in [-0.15, -0.1) is 0 Å². The van der Waals surface area contributed by atoms with E-state index < -0.39 is 65.3 Å². The molecule has 4 rings (SSSR count). The lowest BCUT2D eigenvalue weighted by atomic mass is 9.73. The Bertz CT molecular complexity index is 1050. The van der Waals surface area contributed by atoms with Gasteiger partial charge in [0.15, 0.2) is 0 Å². The van der Waals surface area contributed by atoms with E-state index in [1.54, 1.807) is 0 Å². The second-order valence-electron chi connectivity index (χ2n) is 8.02. The van der Waals surface area contributed by atoms with Crippen molar-refractivity contribution in [3.8, 4) is 5.75 Å². The van der Waals surface area contributed by atoms with Crippen LogP contribution in [0.4, 0.5) is 32.0 Å². The first-order valence-electron chi connectivity index (χ1n) is 9.97. The molecule has 11 heteroatoms. The van der Waals surface area contributed by atoms with E-state index in [0.29, 0.717) is 0 Å². The van der Waals surface area contributed by atoms with Crippen LogP contribution in [-0.2, 0) is 21.9 Å². The van der Waals surface area contributed by atoms with Gasteiger partial charge in [0.25, 0.3) is 0 Å². The molecular formula is C22H19F6NO4. The Hall–Kier alpha value is -2.79. The third-order valence-corrected chi connectivity index (χ3v) is 6.00. The van der Waals surface area contributed by atoms with Gasteiger partial charge in [0.1, 0.15) is 5.75 Å². The second kappa shape index (κ2) is 8.21. The summed E-state index contributed by atoms with van der Waals surface area (Å²) < 4.78 is 89.9. The predicted molar refractivity (Wildman–Crippen MR) is 104 cm³/mol. The van der Waals surface area contributed by atoms with Crippen molar-refractivity contribution in [2.45, 2.75) is 43.0 Å². The molecule has 2 aliphatic rings. The first-order valence-corrected chi connectivity index (χ1v) is 9.97. The van der Waals surface area contributed by atoms with Crippen molar-refractivity contribution in [1.29, 1.82) is 0 Å². The Morgan fingerprint density at radius 2 is 1.82 bits per heavy atom. The highest BCUT2D eigenvalue weighted by molar-refractivity contribution is 5.94. The van der Waals surface area contributed by atoms with Gasteiger partial charge >= 0.3 is 12.4 Å². The smallest absolute Gasteiger partial charge is 0.420 e. The number of amides is 1. The second-order valence-corrected chi connectivity index (χ2v) is 8.02. The molecule has 33 heavy (non-hydrogen) atoms. The molecule has 0 unspecified atom stereocenters. The number of fused-ring (bicyclic) bond motifs is 2. The fourth-order valence-corrected chi connectivity index (χ4v) is 4.60. The number of aliphatic hydroxyl groups is 1. The average Bonchev–Trinajstić information content (AvgIpc) is 3.29. The molecule has 0 aliphatic carbocycles. The highest BCUT2D eigenvalue weighted by atomic mass is 19.4. The third kappa shape index (κ3) is 4.39. The maximum Gasteiger partial charge on any atom is 0.420 e. The topological polar surface area (TPSA) is 67.8 Å². The summed E-state index contributed by atoms with van der Waals surface area (Å²) in [4.78, 5) is 13.1. The Balaban J connectivity index is 1.65. The molecule has 0 saturated carbocycles. The zero-order chi connectivity index (χ0) is 24.1. The number of hydrogen-bond donors (Lipinski definition) is 2. The Morgan fingerprint density at radius 1 is 1.09 bits per heavy atom. The van der Waals surface area contributed by atoms with Crippen molar-refractivity contribution in [3.05, 3.63) is 59.2 Å². The number of aliphatic hydroxyl groups excluding tert-OH is 1. The molecule has 0 radical (unpaired) electrons. The molecule has 0 aromatic heterocycles. The molecule has 2 N–H and O–H groups in total. The summed E-state index contributed by atoms with van der Waals surface area (Å²) in [6.07, 6.45) is -11.9. The van der Waals surface area contributed by atoms with Gasteiger partial charge in [-0.25, -0.2) is 0 Å². The van der Waals surface area contributed by atoms with Gasteiger partial charge in [-0.2, -0.15) is 26.3 Å². The molecular weight excluding hydrogens is 456 g/mol. The van der Waals surface area contributed by atoms with Crippen molar-refractivity contribution < 1.29 is 45.7 Å². The van der Waals surface area contributed by atoms with E-state index in [1.807, 2.05) is 0 Å². The number of carbonyl (C=O) groups is 1. The maximum absolute atomic E-state index is 13.3. The van der Waals surface area contributed by atoms with Gasteiger partial charge in [-0.05, 0) is 29.8 Å². The minimum atomic E-state index is -4.73. The summed E-state index contributed by atoms with van der Waals surface area (Å²) in [5.41, 5.74) is -2.00. The molecule has 0 spiro atoms. The lowest BCUT2D eigenvalue weighted by Crippen LogP contribution is -2.41. The van der Waals surface area contributed by atoms with Gasteiger partial charge in [-0.3, -0.25) is 4.79 Å². The standard InChI is InChI=1S/C22H19F6NO4/c1-32-15-6-5-12(8-13(15)22(26,27)28)29-20(31)18-16-9-14(30)19(33-16)17(18)10-3-2-4-11(7-10)21(23,24)25/h2-8,14,16-19,30H,9H2,1H3,(H,29,31)/t14-,16+,17+,18-,19-/m0/s1. The van der Waals surface area contributed by atoms with Gasteiger partial charge < -0.3 is 19.9 Å². The average molecular weight is 475 g/mol. The van der Waals surface area contributed by atoms with Crippen LogP contribution >= 0.6 is 0 Å². The highest BCUT2D eigenvalue weighted by Gasteiger charge is 2.57. The van der Waals surface area contributed by atoms with Crippen LogP contribution in [0, 0.1) is 5.92 Å². The van der Waals surface area contributed by atoms with Crippen molar-refractivity contribution >= 4 is 11.6 Å². The maximum atomic E-state index is 13.3. The van der Waals surface area contributed by atoms with E-state index >= 15 is 0 Å². The summed E-state index contributed by atoms with van der Waals surface area (Å²) in [7, 11) is 1.08. The Morgan fingerprint density at radius 3 is 2.45 bits per heavy atom. The van der Waals surface area contributed by atoms with Gasteiger partial charge in [0, 0.05) is 18.0 Å². The minimum absolute atomic E-state index is 0.0919. The molecule has 2 bridgehead atoms. The number of alkyl halides is 6. The summed E-state index contributed by atoms with van der Waals surface area (Å²) in [6, 6.07) is 7.41. The number of halogens is 6. The molecule has 5 nitrogen and oxygen atoms in total. The monoisotopic (exact) mass is 475 g/mol. The summed E-state index contributed by atoms with van der Waals surface area (Å²) in [6.45, 7) is 0. The number of methoxy groups -OCH3 is 1.